The summed E-state index contributed by atoms with van der Waals surface area (Å²) in [7, 11) is 0. The Bertz CT molecular complexity index is 216. The second-order valence-electron chi connectivity index (χ2n) is 1.91. The molecule has 1 heterocycles. The van der Waals surface area contributed by atoms with Gasteiger partial charge in [0.05, 0.1) is 0 Å². The Hall–Kier alpha value is -0.830. The maximum atomic E-state index is 5.53. The average Bonchev–Trinajstić information content (AvgIpc) is 1.85. The lowest BCUT2D eigenvalue weighted by atomic mass is 10.3. The van der Waals surface area contributed by atoms with Crippen molar-refractivity contribution in [1.82, 2.24) is 9.97 Å². The molecule has 0 saturated heterocycles. The van der Waals surface area contributed by atoms with Crippen LogP contribution in [0.1, 0.15) is 12.6 Å². The Labute approximate surface area is 64.2 Å². The highest BCUT2D eigenvalue weighted by atomic mass is 35.5. The Morgan fingerprint density at radius 2 is 2.30 bits per heavy atom. The normalized spacial score (nSPS) is 9.80. The second-order valence-corrected chi connectivity index (χ2v) is 2.24. The van der Waals surface area contributed by atoms with Gasteiger partial charge < -0.3 is 5.73 Å². The maximum Gasteiger partial charge on any atom is 0.224 e. The van der Waals surface area contributed by atoms with Crippen LogP contribution in [0.5, 0.6) is 0 Å². The van der Waals surface area contributed by atoms with Gasteiger partial charge in [-0.05, 0) is 18.0 Å². The second kappa shape index (κ2) is 2.84. The van der Waals surface area contributed by atoms with E-state index in [9.17, 15) is 0 Å². The summed E-state index contributed by atoms with van der Waals surface area (Å²) in [6.07, 6.45) is 0.826. The molecule has 1 aromatic rings. The van der Waals surface area contributed by atoms with Crippen molar-refractivity contribution in [2.24, 2.45) is 0 Å². The summed E-state index contributed by atoms with van der Waals surface area (Å²) in [5.74, 6) is 0.428. The minimum atomic E-state index is 0.219. The van der Waals surface area contributed by atoms with Gasteiger partial charge in [0, 0.05) is 11.8 Å². The number of aromatic nitrogens is 2. The summed E-state index contributed by atoms with van der Waals surface area (Å²) in [4.78, 5) is 7.64. The molecule has 0 atom stereocenters. The van der Waals surface area contributed by atoms with Crippen molar-refractivity contribution in [2.45, 2.75) is 13.3 Å². The molecule has 1 rings (SSSR count). The minimum Gasteiger partial charge on any atom is -0.384 e. The average molecular weight is 158 g/mol. The van der Waals surface area contributed by atoms with Crippen molar-refractivity contribution in [3.05, 3.63) is 17.0 Å². The van der Waals surface area contributed by atoms with E-state index in [1.165, 1.54) is 0 Å². The summed E-state index contributed by atoms with van der Waals surface area (Å²) < 4.78 is 0. The number of nitrogen functional groups attached to an aromatic ring is 1. The number of halogens is 1. The monoisotopic (exact) mass is 157 g/mol. The molecule has 0 aromatic carbocycles. The highest BCUT2D eigenvalue weighted by molar-refractivity contribution is 6.28. The van der Waals surface area contributed by atoms with Crippen LogP contribution < -0.4 is 5.73 Å². The lowest BCUT2D eigenvalue weighted by molar-refractivity contribution is 1.00. The van der Waals surface area contributed by atoms with E-state index >= 15 is 0 Å². The van der Waals surface area contributed by atoms with E-state index in [2.05, 4.69) is 9.97 Å². The van der Waals surface area contributed by atoms with Gasteiger partial charge >= 0.3 is 0 Å². The first-order valence-corrected chi connectivity index (χ1v) is 3.39. The van der Waals surface area contributed by atoms with Crippen LogP contribution in [0.25, 0.3) is 0 Å². The van der Waals surface area contributed by atoms with E-state index in [1.54, 1.807) is 6.07 Å². The van der Waals surface area contributed by atoms with Gasteiger partial charge in [-0.25, -0.2) is 9.97 Å². The first-order valence-electron chi connectivity index (χ1n) is 3.01. The molecular weight excluding hydrogens is 150 g/mol. The van der Waals surface area contributed by atoms with E-state index in [0.29, 0.717) is 5.82 Å². The fourth-order valence-corrected chi connectivity index (χ4v) is 0.873. The smallest absolute Gasteiger partial charge is 0.224 e. The van der Waals surface area contributed by atoms with Crippen molar-refractivity contribution in [3.8, 4) is 0 Å². The van der Waals surface area contributed by atoms with E-state index in [-0.39, 0.29) is 5.28 Å². The predicted octanol–water partition coefficient (Wildman–Crippen LogP) is 1.27. The summed E-state index contributed by atoms with van der Waals surface area (Å²) in [5.41, 5.74) is 6.27. The summed E-state index contributed by atoms with van der Waals surface area (Å²) in [6.45, 7) is 1.98. The molecule has 0 aliphatic heterocycles. The molecule has 0 spiro atoms. The molecule has 0 saturated carbocycles. The van der Waals surface area contributed by atoms with Crippen molar-refractivity contribution in [2.75, 3.05) is 5.73 Å². The zero-order chi connectivity index (χ0) is 7.56. The standard InChI is InChI=1S/C6H8ClN3/c1-2-4-3-5(8)10-6(7)9-4/h3H,2H2,1H3,(H2,8,9,10). The third-order valence-electron chi connectivity index (χ3n) is 1.13. The number of nitrogens with zero attached hydrogens (tertiary/aromatic N) is 2. The molecule has 10 heavy (non-hydrogen) atoms. The van der Waals surface area contributed by atoms with Crippen LogP contribution in [0, 0.1) is 0 Å². The van der Waals surface area contributed by atoms with Crippen LogP contribution in [0.4, 0.5) is 5.82 Å². The third kappa shape index (κ3) is 1.57. The molecule has 0 unspecified atom stereocenters. The fraction of sp³-hybridized carbons (Fsp3) is 0.333. The molecule has 0 bridgehead atoms. The van der Waals surface area contributed by atoms with Crippen molar-refractivity contribution < 1.29 is 0 Å². The van der Waals surface area contributed by atoms with Crippen LogP contribution >= 0.6 is 11.6 Å². The van der Waals surface area contributed by atoms with E-state index in [0.717, 1.165) is 12.1 Å². The molecule has 4 heteroatoms. The van der Waals surface area contributed by atoms with E-state index in [1.807, 2.05) is 6.92 Å². The van der Waals surface area contributed by atoms with Gasteiger partial charge in [0.2, 0.25) is 5.28 Å². The molecule has 3 nitrogen and oxygen atoms in total. The Kier molecular flexibility index (Phi) is 2.06. The van der Waals surface area contributed by atoms with Gasteiger partial charge in [-0.1, -0.05) is 6.92 Å². The maximum absolute atomic E-state index is 5.53. The van der Waals surface area contributed by atoms with Gasteiger partial charge in [-0.3, -0.25) is 0 Å². The number of nitrogens with two attached hydrogens (primary N) is 1. The quantitative estimate of drug-likeness (QED) is 0.625. The Balaban J connectivity index is 3.06. The van der Waals surface area contributed by atoms with Gasteiger partial charge in [-0.2, -0.15) is 0 Å². The molecule has 54 valence electrons. The molecule has 0 radical (unpaired) electrons. The number of hydrogen-bond donors (Lipinski definition) is 1. The first-order chi connectivity index (χ1) is 4.72. The van der Waals surface area contributed by atoms with Gasteiger partial charge in [0.1, 0.15) is 5.82 Å². The molecule has 0 fully saturated rings. The summed E-state index contributed by atoms with van der Waals surface area (Å²) >= 11 is 5.53. The largest absolute Gasteiger partial charge is 0.384 e. The lowest BCUT2D eigenvalue weighted by Gasteiger charge is -1.96. The lowest BCUT2D eigenvalue weighted by Crippen LogP contribution is -1.96. The number of anilines is 1. The van der Waals surface area contributed by atoms with Crippen molar-refractivity contribution in [1.29, 1.82) is 0 Å². The topological polar surface area (TPSA) is 51.8 Å². The van der Waals surface area contributed by atoms with Gasteiger partial charge in [0.25, 0.3) is 0 Å². The van der Waals surface area contributed by atoms with Crippen LogP contribution in [0.3, 0.4) is 0 Å². The molecule has 0 aliphatic carbocycles. The predicted molar refractivity (Wildman–Crippen MR) is 40.8 cm³/mol. The zero-order valence-electron chi connectivity index (χ0n) is 5.63. The third-order valence-corrected chi connectivity index (χ3v) is 1.30. The Morgan fingerprint density at radius 1 is 1.60 bits per heavy atom. The van der Waals surface area contributed by atoms with Crippen LogP contribution in [0.15, 0.2) is 6.07 Å². The van der Waals surface area contributed by atoms with Crippen molar-refractivity contribution in [3.63, 3.8) is 0 Å². The minimum absolute atomic E-state index is 0.219. The molecule has 2 N–H and O–H groups in total. The van der Waals surface area contributed by atoms with E-state index in [4.69, 9.17) is 17.3 Å². The highest BCUT2D eigenvalue weighted by Gasteiger charge is 1.96. The SMILES string of the molecule is CCc1cc(N)nc(Cl)n1. The van der Waals surface area contributed by atoms with Crippen LogP contribution in [-0.4, -0.2) is 9.97 Å². The molecule has 0 amide bonds. The molecule has 0 aliphatic rings. The van der Waals surface area contributed by atoms with Gasteiger partial charge in [0.15, 0.2) is 0 Å². The fourth-order valence-electron chi connectivity index (χ4n) is 0.666. The highest BCUT2D eigenvalue weighted by Crippen LogP contribution is 2.06. The van der Waals surface area contributed by atoms with E-state index < -0.39 is 0 Å². The zero-order valence-corrected chi connectivity index (χ0v) is 6.39. The first kappa shape index (κ1) is 7.28. The molecular formula is C6H8ClN3. The van der Waals surface area contributed by atoms with Crippen LogP contribution in [-0.2, 0) is 6.42 Å². The van der Waals surface area contributed by atoms with Gasteiger partial charge in [-0.15, -0.1) is 0 Å². The Morgan fingerprint density at radius 3 is 2.80 bits per heavy atom. The number of rotatable bonds is 1. The number of hydrogen-bond acceptors (Lipinski definition) is 3. The molecule has 1 aromatic heterocycles. The summed E-state index contributed by atoms with van der Waals surface area (Å²) in [5, 5.41) is 0.219. The summed E-state index contributed by atoms with van der Waals surface area (Å²) in [6, 6.07) is 1.71. The van der Waals surface area contributed by atoms with Crippen molar-refractivity contribution >= 4 is 17.4 Å². The number of aryl methyl sites for hydroxylation is 1. The van der Waals surface area contributed by atoms with Crippen LogP contribution in [0.2, 0.25) is 5.28 Å².